The third-order valence-electron chi connectivity index (χ3n) is 5.38. The summed E-state index contributed by atoms with van der Waals surface area (Å²) in [6.07, 6.45) is 1.94. The van der Waals surface area contributed by atoms with Gasteiger partial charge in [0, 0.05) is 0 Å². The van der Waals surface area contributed by atoms with Crippen molar-refractivity contribution in [2.24, 2.45) is 0 Å². The number of aromatic nitrogens is 2. The van der Waals surface area contributed by atoms with Crippen LogP contribution >= 0.6 is 23.5 Å². The first-order chi connectivity index (χ1) is 15.0. The molecule has 1 amide bonds. The number of fused-ring (bicyclic) bond motifs is 1. The Morgan fingerprint density at radius 1 is 1.26 bits per heavy atom. The maximum atomic E-state index is 13.1. The van der Waals surface area contributed by atoms with Crippen LogP contribution in [0.1, 0.15) is 42.2 Å². The zero-order valence-electron chi connectivity index (χ0n) is 17.7. The number of anilines is 1. The number of ether oxygens (including phenoxy) is 2. The highest BCUT2D eigenvalue weighted by Crippen LogP contribution is 2.43. The number of benzene rings is 1. The molecule has 9 heteroatoms. The fourth-order valence-corrected chi connectivity index (χ4v) is 6.09. The van der Waals surface area contributed by atoms with Gasteiger partial charge in [-0.3, -0.25) is 19.4 Å². The summed E-state index contributed by atoms with van der Waals surface area (Å²) in [5.41, 5.74) is 2.22. The van der Waals surface area contributed by atoms with E-state index in [-0.39, 0.29) is 28.5 Å². The lowest BCUT2D eigenvalue weighted by molar-refractivity contribution is -0.113. The average molecular weight is 462 g/mol. The monoisotopic (exact) mass is 461 g/mol. The summed E-state index contributed by atoms with van der Waals surface area (Å²) in [6, 6.07) is 5.85. The zero-order chi connectivity index (χ0) is 22.0. The second-order valence-corrected chi connectivity index (χ2v) is 10.1. The van der Waals surface area contributed by atoms with Gasteiger partial charge < -0.3 is 14.8 Å². The van der Waals surface area contributed by atoms with Crippen molar-refractivity contribution in [2.75, 3.05) is 36.3 Å². The maximum Gasteiger partial charge on any atom is 0.270 e. The molecule has 4 rings (SSSR count). The van der Waals surface area contributed by atoms with E-state index >= 15 is 0 Å². The predicted octanol–water partition coefficient (Wildman–Crippen LogP) is 3.98. The van der Waals surface area contributed by atoms with Crippen LogP contribution in [-0.4, -0.2) is 46.7 Å². The van der Waals surface area contributed by atoms with Gasteiger partial charge >= 0.3 is 0 Å². The highest BCUT2D eigenvalue weighted by Gasteiger charge is 2.33. The van der Waals surface area contributed by atoms with Gasteiger partial charge in [-0.15, -0.1) is 11.8 Å². The molecule has 1 aromatic carbocycles. The number of carbonyl (C=O) groups excluding carboxylic acids is 1. The number of nitrogens with zero attached hydrogens (tertiary/aromatic N) is 1. The number of hydrogen-bond acceptors (Lipinski definition) is 6. The fraction of sp³-hybridized carbons (Fsp3) is 0.455. The molecule has 3 heterocycles. The summed E-state index contributed by atoms with van der Waals surface area (Å²) in [5, 5.41) is 5.69. The Hall–Kier alpha value is -2.26. The van der Waals surface area contributed by atoms with E-state index in [0.717, 1.165) is 35.5 Å². The van der Waals surface area contributed by atoms with E-state index in [1.54, 1.807) is 7.11 Å². The molecule has 0 aliphatic carbocycles. The molecule has 2 N–H and O–H groups in total. The number of methoxy groups -OCH3 is 1. The van der Waals surface area contributed by atoms with E-state index in [1.165, 1.54) is 11.8 Å². The molecule has 0 radical (unpaired) electrons. The van der Waals surface area contributed by atoms with Crippen molar-refractivity contribution in [2.45, 2.75) is 31.1 Å². The van der Waals surface area contributed by atoms with Crippen molar-refractivity contribution in [1.82, 2.24) is 9.78 Å². The summed E-state index contributed by atoms with van der Waals surface area (Å²) in [4.78, 5) is 25.6. The molecular formula is C22H27N3O4S2. The number of rotatable bonds is 6. The van der Waals surface area contributed by atoms with Crippen molar-refractivity contribution < 1.29 is 14.3 Å². The van der Waals surface area contributed by atoms with E-state index in [4.69, 9.17) is 9.47 Å². The lowest BCUT2D eigenvalue weighted by Crippen LogP contribution is -2.22. The predicted molar refractivity (Wildman–Crippen MR) is 127 cm³/mol. The first-order valence-corrected chi connectivity index (χ1v) is 12.5. The van der Waals surface area contributed by atoms with Gasteiger partial charge in [-0.1, -0.05) is 12.6 Å². The molecule has 31 heavy (non-hydrogen) atoms. The van der Waals surface area contributed by atoms with E-state index in [0.29, 0.717) is 29.5 Å². The Morgan fingerprint density at radius 3 is 2.74 bits per heavy atom. The lowest BCUT2D eigenvalue weighted by Gasteiger charge is -2.24. The van der Waals surface area contributed by atoms with Crippen molar-refractivity contribution in [3.63, 3.8) is 0 Å². The van der Waals surface area contributed by atoms with Gasteiger partial charge in [-0.05, 0) is 54.5 Å². The Kier molecular flexibility index (Phi) is 6.71. The quantitative estimate of drug-likeness (QED) is 0.633. The smallest absolute Gasteiger partial charge is 0.270 e. The zero-order valence-corrected chi connectivity index (χ0v) is 19.4. The first kappa shape index (κ1) is 22.0. The van der Waals surface area contributed by atoms with E-state index < -0.39 is 0 Å². The van der Waals surface area contributed by atoms with Gasteiger partial charge in [-0.25, -0.2) is 0 Å². The molecule has 1 aromatic heterocycles. The summed E-state index contributed by atoms with van der Waals surface area (Å²) in [7, 11) is 1.59. The molecule has 7 nitrogen and oxygen atoms in total. The Morgan fingerprint density at radius 2 is 2.03 bits per heavy atom. The minimum atomic E-state index is -0.296. The van der Waals surface area contributed by atoms with Gasteiger partial charge in [0.1, 0.15) is 12.4 Å². The molecule has 1 saturated heterocycles. The number of carbonyl (C=O) groups is 1. The number of amides is 1. The van der Waals surface area contributed by atoms with Gasteiger partial charge in [0.25, 0.3) is 5.56 Å². The Bertz CT molecular complexity index is 1040. The van der Waals surface area contributed by atoms with Crippen molar-refractivity contribution in [3.05, 3.63) is 51.8 Å². The van der Waals surface area contributed by atoms with Crippen LogP contribution in [0.3, 0.4) is 0 Å². The van der Waals surface area contributed by atoms with Crippen LogP contribution in [0.4, 0.5) is 5.82 Å². The number of aromatic amines is 1. The van der Waals surface area contributed by atoms with E-state index in [1.807, 2.05) is 41.6 Å². The van der Waals surface area contributed by atoms with Crippen LogP contribution in [0, 0.1) is 0 Å². The molecule has 0 spiro atoms. The highest BCUT2D eigenvalue weighted by molar-refractivity contribution is 8.00. The third-order valence-corrected chi connectivity index (χ3v) is 7.70. The Balaban J connectivity index is 1.76. The van der Waals surface area contributed by atoms with Crippen molar-refractivity contribution >= 4 is 35.2 Å². The van der Waals surface area contributed by atoms with E-state index in [2.05, 4.69) is 17.0 Å². The van der Waals surface area contributed by atoms with Gasteiger partial charge in [-0.2, -0.15) is 11.8 Å². The lowest BCUT2D eigenvalue weighted by atomic mass is 10.0. The van der Waals surface area contributed by atoms with Crippen LogP contribution in [0.2, 0.25) is 0 Å². The first-order valence-electron chi connectivity index (χ1n) is 10.3. The Labute approximate surface area is 189 Å². The van der Waals surface area contributed by atoms with Crippen LogP contribution < -0.4 is 20.3 Å². The molecule has 166 valence electrons. The molecule has 1 fully saturated rings. The van der Waals surface area contributed by atoms with Crippen molar-refractivity contribution in [1.29, 1.82) is 0 Å². The molecule has 1 unspecified atom stereocenters. The van der Waals surface area contributed by atoms with Crippen molar-refractivity contribution in [3.8, 4) is 11.5 Å². The molecule has 0 bridgehead atoms. The van der Waals surface area contributed by atoms with Gasteiger partial charge in [0.2, 0.25) is 5.91 Å². The topological polar surface area (TPSA) is 85.4 Å². The largest absolute Gasteiger partial charge is 0.493 e. The highest BCUT2D eigenvalue weighted by atomic mass is 32.2. The number of hydrogen-bond donors (Lipinski definition) is 2. The molecule has 0 saturated carbocycles. The van der Waals surface area contributed by atoms with Gasteiger partial charge in [0.05, 0.1) is 29.7 Å². The SMILES string of the molecule is C=C(C)COc1cc(C2SCC(=O)Nc3c2c(=O)[nH]n3C2CCSCC2)ccc1OC. The second kappa shape index (κ2) is 9.48. The fourth-order valence-electron chi connectivity index (χ4n) is 3.89. The van der Waals surface area contributed by atoms with E-state index in [9.17, 15) is 9.59 Å². The summed E-state index contributed by atoms with van der Waals surface area (Å²) in [5.74, 6) is 4.08. The van der Waals surface area contributed by atoms with Gasteiger partial charge in [0.15, 0.2) is 11.5 Å². The normalized spacial score (nSPS) is 19.3. The molecular weight excluding hydrogens is 434 g/mol. The number of nitrogens with one attached hydrogen (secondary N) is 2. The molecule has 2 aliphatic heterocycles. The summed E-state index contributed by atoms with van der Waals surface area (Å²) >= 11 is 3.37. The van der Waals surface area contributed by atoms with Crippen LogP contribution in [-0.2, 0) is 4.79 Å². The maximum absolute atomic E-state index is 13.1. The average Bonchev–Trinajstić information content (AvgIpc) is 2.97. The summed E-state index contributed by atoms with van der Waals surface area (Å²) in [6.45, 7) is 6.15. The molecule has 2 aliphatic rings. The second-order valence-electron chi connectivity index (χ2n) is 7.81. The molecule has 1 atom stereocenters. The number of H-pyrrole nitrogens is 1. The standard InChI is InChI=1S/C22H27N3O4S2/c1-13(2)11-29-17-10-14(4-5-16(17)28-3)20-19-21(23-18(26)12-31-20)25(24-22(19)27)15-6-8-30-9-7-15/h4-5,10,15,20H,1,6-9,11-12H2,2-3H3,(H,23,26)(H,24,27). The van der Waals surface area contributed by atoms with Crippen LogP contribution in [0.25, 0.3) is 0 Å². The van der Waals surface area contributed by atoms with Crippen LogP contribution in [0.5, 0.6) is 11.5 Å². The number of thioether (sulfide) groups is 2. The minimum absolute atomic E-state index is 0.0982. The summed E-state index contributed by atoms with van der Waals surface area (Å²) < 4.78 is 13.2. The van der Waals surface area contributed by atoms with Crippen LogP contribution in [0.15, 0.2) is 35.1 Å². The minimum Gasteiger partial charge on any atom is -0.493 e. The molecule has 2 aromatic rings. The third kappa shape index (κ3) is 4.67.